The summed E-state index contributed by atoms with van der Waals surface area (Å²) in [6.07, 6.45) is 0. The van der Waals surface area contributed by atoms with Gasteiger partial charge in [-0.1, -0.05) is 6.07 Å². The first-order valence-electron chi connectivity index (χ1n) is 10.2. The number of hydrogen-bond acceptors (Lipinski definition) is 7. The van der Waals surface area contributed by atoms with Crippen molar-refractivity contribution in [3.63, 3.8) is 0 Å². The molecule has 3 heterocycles. The smallest absolute Gasteiger partial charge is 0.269 e. The average Bonchev–Trinajstić information content (AvgIpc) is 3.50. The van der Waals surface area contributed by atoms with Crippen LogP contribution in [0.3, 0.4) is 0 Å². The van der Waals surface area contributed by atoms with E-state index in [4.69, 9.17) is 9.47 Å². The van der Waals surface area contributed by atoms with Gasteiger partial charge >= 0.3 is 0 Å². The van der Waals surface area contributed by atoms with Crippen molar-refractivity contribution >= 4 is 17.2 Å². The van der Waals surface area contributed by atoms with Crippen molar-refractivity contribution in [3.05, 3.63) is 70.0 Å². The Morgan fingerprint density at radius 1 is 1.06 bits per heavy atom. The number of amides is 1. The molecule has 0 saturated carbocycles. The molecule has 0 radical (unpaired) electrons. The number of ether oxygens (including phenoxy) is 2. The first kappa shape index (κ1) is 22.3. The molecule has 9 nitrogen and oxygen atoms in total. The minimum Gasteiger partial charge on any atom is -0.497 e. The highest BCUT2D eigenvalue weighted by molar-refractivity contribution is 7.13. The zero-order chi connectivity index (χ0) is 23.4. The van der Waals surface area contributed by atoms with E-state index in [-0.39, 0.29) is 24.6 Å². The molecule has 0 bridgehead atoms. The van der Waals surface area contributed by atoms with E-state index in [1.807, 2.05) is 23.6 Å². The standard InChI is InChI=1S/C23H23N5O4S/c1-27-19(14-18(25-27)16-13-15(31-2)6-8-20(16)32-3)23(30)24-10-11-28-22(29)9-7-17(26-28)21-5-4-12-33-21/h4-9,12-14H,10-11H2,1-3H3,(H,24,30). The van der Waals surface area contributed by atoms with Crippen LogP contribution in [0, 0.1) is 0 Å². The molecular formula is C23H23N5O4S. The van der Waals surface area contributed by atoms with Crippen LogP contribution in [0.25, 0.3) is 21.8 Å². The number of aromatic nitrogens is 4. The summed E-state index contributed by atoms with van der Waals surface area (Å²) in [6.45, 7) is 0.487. The van der Waals surface area contributed by atoms with Gasteiger partial charge in [0.2, 0.25) is 0 Å². The first-order chi connectivity index (χ1) is 16.0. The van der Waals surface area contributed by atoms with Crippen molar-refractivity contribution < 1.29 is 14.3 Å². The molecule has 0 aliphatic carbocycles. The topological polar surface area (TPSA) is 100 Å². The van der Waals surface area contributed by atoms with Gasteiger partial charge in [0.1, 0.15) is 22.9 Å². The van der Waals surface area contributed by atoms with Gasteiger partial charge in [-0.25, -0.2) is 4.68 Å². The molecule has 3 aromatic heterocycles. The van der Waals surface area contributed by atoms with Crippen LogP contribution in [-0.4, -0.2) is 46.2 Å². The molecular weight excluding hydrogens is 442 g/mol. The fourth-order valence-electron chi connectivity index (χ4n) is 3.36. The quantitative estimate of drug-likeness (QED) is 0.430. The highest BCUT2D eigenvalue weighted by atomic mass is 32.1. The molecule has 1 aromatic carbocycles. The van der Waals surface area contributed by atoms with Crippen molar-refractivity contribution in [1.82, 2.24) is 24.9 Å². The van der Waals surface area contributed by atoms with Crippen LogP contribution in [0.4, 0.5) is 0 Å². The summed E-state index contributed by atoms with van der Waals surface area (Å²) in [5.41, 5.74) is 2.17. The number of nitrogens with one attached hydrogen (secondary N) is 1. The lowest BCUT2D eigenvalue weighted by molar-refractivity contribution is 0.0942. The van der Waals surface area contributed by atoms with Crippen LogP contribution in [0.15, 0.2) is 58.7 Å². The lowest BCUT2D eigenvalue weighted by atomic mass is 10.1. The van der Waals surface area contributed by atoms with E-state index in [0.717, 1.165) is 10.6 Å². The van der Waals surface area contributed by atoms with Gasteiger partial charge < -0.3 is 14.8 Å². The van der Waals surface area contributed by atoms with Crippen LogP contribution in [0.2, 0.25) is 0 Å². The van der Waals surface area contributed by atoms with Gasteiger partial charge in [0.05, 0.1) is 31.3 Å². The Morgan fingerprint density at radius 3 is 2.64 bits per heavy atom. The molecule has 0 atom stereocenters. The fourth-order valence-corrected chi connectivity index (χ4v) is 4.05. The highest BCUT2D eigenvalue weighted by Gasteiger charge is 2.17. The van der Waals surface area contributed by atoms with Crippen molar-refractivity contribution in [2.75, 3.05) is 20.8 Å². The number of nitrogens with zero attached hydrogens (tertiary/aromatic N) is 4. The van der Waals surface area contributed by atoms with Crippen LogP contribution < -0.4 is 20.3 Å². The molecule has 10 heteroatoms. The Kier molecular flexibility index (Phi) is 6.55. The molecule has 0 saturated heterocycles. The van der Waals surface area contributed by atoms with Gasteiger partial charge in [-0.3, -0.25) is 14.3 Å². The number of thiophene rings is 1. The molecule has 33 heavy (non-hydrogen) atoms. The zero-order valence-corrected chi connectivity index (χ0v) is 19.3. The molecule has 0 spiro atoms. The number of aryl methyl sites for hydroxylation is 1. The second-order valence-corrected chi connectivity index (χ2v) is 8.07. The summed E-state index contributed by atoms with van der Waals surface area (Å²) >= 11 is 1.55. The van der Waals surface area contributed by atoms with E-state index in [1.54, 1.807) is 56.9 Å². The summed E-state index contributed by atoms with van der Waals surface area (Å²) < 4.78 is 13.6. The van der Waals surface area contributed by atoms with Gasteiger partial charge in [-0.05, 0) is 41.8 Å². The molecule has 1 amide bonds. The summed E-state index contributed by atoms with van der Waals surface area (Å²) in [6, 6.07) is 14.1. The molecule has 170 valence electrons. The van der Waals surface area contributed by atoms with E-state index >= 15 is 0 Å². The van der Waals surface area contributed by atoms with Crippen LogP contribution >= 0.6 is 11.3 Å². The normalized spacial score (nSPS) is 10.8. The highest BCUT2D eigenvalue weighted by Crippen LogP contribution is 2.32. The minimum absolute atomic E-state index is 0.225. The average molecular weight is 466 g/mol. The van der Waals surface area contributed by atoms with Crippen molar-refractivity contribution in [2.24, 2.45) is 7.05 Å². The Hall–Kier alpha value is -3.92. The zero-order valence-electron chi connectivity index (χ0n) is 18.4. The lowest BCUT2D eigenvalue weighted by Gasteiger charge is -2.08. The predicted molar refractivity (Wildman–Crippen MR) is 126 cm³/mol. The maximum absolute atomic E-state index is 12.8. The third-order valence-electron chi connectivity index (χ3n) is 5.04. The maximum atomic E-state index is 12.8. The molecule has 1 N–H and O–H groups in total. The van der Waals surface area contributed by atoms with E-state index < -0.39 is 0 Å². The largest absolute Gasteiger partial charge is 0.497 e. The van der Waals surface area contributed by atoms with E-state index in [2.05, 4.69) is 15.5 Å². The van der Waals surface area contributed by atoms with Crippen LogP contribution in [0.5, 0.6) is 11.5 Å². The summed E-state index contributed by atoms with van der Waals surface area (Å²) in [7, 11) is 4.85. The Bertz CT molecular complexity index is 1330. The number of methoxy groups -OCH3 is 2. The third-order valence-corrected chi connectivity index (χ3v) is 5.94. The van der Waals surface area contributed by atoms with Crippen LogP contribution in [0.1, 0.15) is 10.5 Å². The SMILES string of the molecule is COc1ccc(OC)c(-c2cc(C(=O)NCCn3nc(-c4cccs4)ccc3=O)n(C)n2)c1. The van der Waals surface area contributed by atoms with Gasteiger partial charge in [0.15, 0.2) is 0 Å². The summed E-state index contributed by atoms with van der Waals surface area (Å²) in [5.74, 6) is 0.975. The third kappa shape index (κ3) is 4.80. The fraction of sp³-hybridized carbons (Fsp3) is 0.217. The number of carbonyl (C=O) groups excluding carboxylic acids is 1. The van der Waals surface area contributed by atoms with Gasteiger partial charge in [-0.2, -0.15) is 10.2 Å². The van der Waals surface area contributed by atoms with Gasteiger partial charge in [0.25, 0.3) is 11.5 Å². The predicted octanol–water partition coefficient (Wildman–Crippen LogP) is 2.82. The molecule has 0 unspecified atom stereocenters. The van der Waals surface area contributed by atoms with Crippen LogP contribution in [-0.2, 0) is 13.6 Å². The van der Waals surface area contributed by atoms with Crippen molar-refractivity contribution in [1.29, 1.82) is 0 Å². The maximum Gasteiger partial charge on any atom is 0.269 e. The number of carbonyl (C=O) groups is 1. The monoisotopic (exact) mass is 465 g/mol. The molecule has 0 aliphatic rings. The Morgan fingerprint density at radius 2 is 1.91 bits per heavy atom. The van der Waals surface area contributed by atoms with E-state index in [1.165, 1.54) is 15.4 Å². The van der Waals surface area contributed by atoms with Gasteiger partial charge in [-0.15, -0.1) is 11.3 Å². The minimum atomic E-state index is -0.305. The molecule has 4 rings (SSSR count). The van der Waals surface area contributed by atoms with E-state index in [0.29, 0.717) is 28.5 Å². The first-order valence-corrected chi connectivity index (χ1v) is 11.0. The second kappa shape index (κ2) is 9.70. The number of benzene rings is 1. The number of rotatable bonds is 8. The molecule has 4 aromatic rings. The van der Waals surface area contributed by atoms with Gasteiger partial charge in [0, 0.05) is 25.2 Å². The lowest BCUT2D eigenvalue weighted by Crippen LogP contribution is -2.32. The second-order valence-electron chi connectivity index (χ2n) is 7.12. The molecule has 0 fully saturated rings. The molecule has 0 aliphatic heterocycles. The Balaban J connectivity index is 1.47. The summed E-state index contributed by atoms with van der Waals surface area (Å²) in [4.78, 5) is 25.9. The summed E-state index contributed by atoms with van der Waals surface area (Å²) in [5, 5.41) is 13.6. The Labute approximate surface area is 194 Å². The van der Waals surface area contributed by atoms with E-state index in [9.17, 15) is 9.59 Å². The number of hydrogen-bond donors (Lipinski definition) is 1. The van der Waals surface area contributed by atoms with Crippen molar-refractivity contribution in [2.45, 2.75) is 6.54 Å². The van der Waals surface area contributed by atoms with Crippen molar-refractivity contribution in [3.8, 4) is 33.3 Å².